The first-order valence-corrected chi connectivity index (χ1v) is 9.44. The molecule has 1 aliphatic rings. The van der Waals surface area contributed by atoms with E-state index in [0.29, 0.717) is 12.5 Å². The van der Waals surface area contributed by atoms with Gasteiger partial charge in [-0.15, -0.1) is 0 Å². The second-order valence-electron chi connectivity index (χ2n) is 7.18. The zero-order valence-corrected chi connectivity index (χ0v) is 16.1. The summed E-state index contributed by atoms with van der Waals surface area (Å²) in [6.07, 6.45) is 3.82. The number of nitrogens with zero attached hydrogens (tertiary/aromatic N) is 4. The number of rotatable bonds is 6. The first kappa shape index (κ1) is 19.7. The van der Waals surface area contributed by atoms with Crippen LogP contribution in [-0.2, 0) is 6.54 Å². The summed E-state index contributed by atoms with van der Waals surface area (Å²) in [6, 6.07) is 11.1. The van der Waals surface area contributed by atoms with Crippen molar-refractivity contribution >= 4 is 11.6 Å². The number of aromatic nitrogens is 3. The number of hydrogen-bond acceptors (Lipinski definition) is 7. The second-order valence-corrected chi connectivity index (χ2v) is 7.18. The lowest BCUT2D eigenvalue weighted by Gasteiger charge is -2.15. The van der Waals surface area contributed by atoms with Crippen molar-refractivity contribution in [1.82, 2.24) is 20.0 Å². The van der Waals surface area contributed by atoms with E-state index >= 15 is 0 Å². The van der Waals surface area contributed by atoms with E-state index in [2.05, 4.69) is 15.0 Å². The van der Waals surface area contributed by atoms with Gasteiger partial charge in [0, 0.05) is 23.4 Å². The van der Waals surface area contributed by atoms with Gasteiger partial charge >= 0.3 is 0 Å². The summed E-state index contributed by atoms with van der Waals surface area (Å²) in [7, 11) is 0. The number of hydrogen-bond donors (Lipinski definition) is 3. The third-order valence-electron chi connectivity index (χ3n) is 4.74. The minimum Gasteiger partial charge on any atom is -0.396 e. The van der Waals surface area contributed by atoms with E-state index < -0.39 is 11.6 Å². The number of pyridine rings is 1. The summed E-state index contributed by atoms with van der Waals surface area (Å²) >= 11 is 0. The summed E-state index contributed by atoms with van der Waals surface area (Å²) < 4.78 is 27.7. The number of benzene rings is 1. The summed E-state index contributed by atoms with van der Waals surface area (Å²) in [6.45, 7) is 0.340. The van der Waals surface area contributed by atoms with Gasteiger partial charge in [0.25, 0.3) is 0 Å². The molecule has 1 fully saturated rings. The Bertz CT molecular complexity index is 1110. The lowest BCUT2D eigenvalue weighted by Crippen LogP contribution is -2.26. The molecule has 0 unspecified atom stereocenters. The number of halogens is 2. The van der Waals surface area contributed by atoms with Crippen LogP contribution in [0.1, 0.15) is 35.8 Å². The van der Waals surface area contributed by atoms with Crippen molar-refractivity contribution in [2.24, 2.45) is 11.6 Å². The third kappa shape index (κ3) is 4.36. The minimum atomic E-state index is -1.02. The highest BCUT2D eigenvalue weighted by molar-refractivity contribution is 5.68. The van der Waals surface area contributed by atoms with Crippen LogP contribution in [0.2, 0.25) is 0 Å². The number of anilines is 1. The molecule has 0 bridgehead atoms. The molecule has 2 heterocycles. The molecule has 1 aromatic carbocycles. The summed E-state index contributed by atoms with van der Waals surface area (Å²) in [5.41, 5.74) is 14.3. The molecule has 0 aliphatic heterocycles. The first-order chi connectivity index (χ1) is 14.4. The molecule has 0 amide bonds. The fourth-order valence-electron chi connectivity index (χ4n) is 3.12. The molecule has 0 radical (unpaired) electrons. The Morgan fingerprint density at radius 1 is 1.10 bits per heavy atom. The van der Waals surface area contributed by atoms with Crippen LogP contribution in [0.3, 0.4) is 0 Å². The van der Waals surface area contributed by atoms with Gasteiger partial charge in [-0.3, -0.25) is 4.98 Å². The van der Waals surface area contributed by atoms with Crippen LogP contribution >= 0.6 is 0 Å². The van der Waals surface area contributed by atoms with E-state index in [-0.39, 0.29) is 28.6 Å². The minimum absolute atomic E-state index is 0.0381. The fraction of sp³-hybridized carbons (Fsp3) is 0.190. The number of hydrazine groups is 1. The first-order valence-electron chi connectivity index (χ1n) is 9.44. The van der Waals surface area contributed by atoms with Crippen molar-refractivity contribution in [2.75, 3.05) is 5.73 Å². The Hall–Kier alpha value is -3.59. The Balaban J connectivity index is 1.57. The predicted molar refractivity (Wildman–Crippen MR) is 110 cm³/mol. The molecule has 1 saturated carbocycles. The van der Waals surface area contributed by atoms with E-state index in [4.69, 9.17) is 17.3 Å². The highest BCUT2D eigenvalue weighted by atomic mass is 19.2. The highest BCUT2D eigenvalue weighted by Gasteiger charge is 2.24. The van der Waals surface area contributed by atoms with Gasteiger partial charge in [0.1, 0.15) is 0 Å². The van der Waals surface area contributed by atoms with E-state index in [1.54, 1.807) is 0 Å². The molecule has 2 aromatic heterocycles. The Morgan fingerprint density at radius 2 is 1.87 bits per heavy atom. The third-order valence-corrected chi connectivity index (χ3v) is 4.74. The predicted octanol–water partition coefficient (Wildman–Crippen LogP) is 2.91. The van der Waals surface area contributed by atoms with Gasteiger partial charge in [0.2, 0.25) is 5.95 Å². The zero-order chi connectivity index (χ0) is 21.3. The lowest BCUT2D eigenvalue weighted by atomic mass is 10.1. The van der Waals surface area contributed by atoms with Gasteiger partial charge in [0.05, 0.1) is 29.3 Å². The molecule has 9 heteroatoms. The molecule has 0 atom stereocenters. The Labute approximate surface area is 172 Å². The van der Waals surface area contributed by atoms with Crippen LogP contribution in [0.25, 0.3) is 17.0 Å². The van der Waals surface area contributed by atoms with Crippen LogP contribution in [0, 0.1) is 11.6 Å². The van der Waals surface area contributed by atoms with E-state index in [9.17, 15) is 8.78 Å². The van der Waals surface area contributed by atoms with Gasteiger partial charge in [-0.2, -0.15) is 0 Å². The summed E-state index contributed by atoms with van der Waals surface area (Å²) in [5.74, 6) is 4.49. The van der Waals surface area contributed by atoms with E-state index in [1.807, 2.05) is 18.2 Å². The maximum Gasteiger partial charge on any atom is 0.221 e. The molecule has 154 valence electrons. The van der Waals surface area contributed by atoms with Crippen molar-refractivity contribution in [3.05, 3.63) is 77.4 Å². The van der Waals surface area contributed by atoms with Crippen LogP contribution in [0.15, 0.2) is 48.7 Å². The molecule has 30 heavy (non-hydrogen) atoms. The molecule has 1 aliphatic carbocycles. The topological polar surface area (TPSA) is 120 Å². The smallest absolute Gasteiger partial charge is 0.221 e. The van der Waals surface area contributed by atoms with Crippen molar-refractivity contribution in [1.29, 1.82) is 0 Å². The lowest BCUT2D eigenvalue weighted by molar-refractivity contribution is 0.382. The second kappa shape index (κ2) is 8.03. The Kier molecular flexibility index (Phi) is 5.28. The van der Waals surface area contributed by atoms with Gasteiger partial charge in [-0.05, 0) is 43.2 Å². The quantitative estimate of drug-likeness (QED) is 0.423. The van der Waals surface area contributed by atoms with Crippen molar-refractivity contribution in [2.45, 2.75) is 25.3 Å². The molecule has 4 rings (SSSR count). The molecule has 0 spiro atoms. The van der Waals surface area contributed by atoms with Crippen molar-refractivity contribution < 1.29 is 8.78 Å². The Morgan fingerprint density at radius 3 is 2.63 bits per heavy atom. The van der Waals surface area contributed by atoms with Crippen LogP contribution < -0.4 is 17.3 Å². The molecule has 3 aromatic rings. The van der Waals surface area contributed by atoms with E-state index in [1.165, 1.54) is 42.2 Å². The van der Waals surface area contributed by atoms with Gasteiger partial charge < -0.3 is 16.5 Å². The average molecular weight is 409 g/mol. The fourth-order valence-corrected chi connectivity index (χ4v) is 3.12. The summed E-state index contributed by atoms with van der Waals surface area (Å²) in [4.78, 5) is 12.7. The zero-order valence-electron chi connectivity index (χ0n) is 16.1. The number of nitrogens with two attached hydrogens (primary N) is 3. The maximum absolute atomic E-state index is 14.1. The SMILES string of the molecule is N/C(=C\N(N)Cc1cccc(C2CC2)n1)c1cc(-c2cccc(F)c2F)nc(N)n1. The number of nitrogen functional groups attached to an aromatic ring is 1. The summed E-state index contributed by atoms with van der Waals surface area (Å²) in [5, 5.41) is 1.38. The molecule has 6 N–H and O–H groups in total. The molecule has 7 nitrogen and oxygen atoms in total. The van der Waals surface area contributed by atoms with Gasteiger partial charge in [-0.1, -0.05) is 12.1 Å². The largest absolute Gasteiger partial charge is 0.396 e. The van der Waals surface area contributed by atoms with E-state index in [0.717, 1.165) is 17.5 Å². The van der Waals surface area contributed by atoms with Crippen molar-refractivity contribution in [3.8, 4) is 11.3 Å². The van der Waals surface area contributed by atoms with Crippen LogP contribution in [-0.4, -0.2) is 20.0 Å². The normalized spacial score (nSPS) is 14.0. The molecular weight excluding hydrogens is 388 g/mol. The van der Waals surface area contributed by atoms with Crippen molar-refractivity contribution in [3.63, 3.8) is 0 Å². The van der Waals surface area contributed by atoms with Crippen LogP contribution in [0.4, 0.5) is 14.7 Å². The standard InChI is InChI=1S/C21H21F2N7/c22-15-5-2-4-14(20(15)23)18-9-19(29-21(25)28-18)16(24)11-30(26)10-13-3-1-6-17(27-13)12-7-8-12/h1-6,9,11-12H,7-8,10,24,26H2,(H2,25,28,29)/b16-11-. The maximum atomic E-state index is 14.1. The van der Waals surface area contributed by atoms with Gasteiger partial charge in [0.15, 0.2) is 11.6 Å². The highest BCUT2D eigenvalue weighted by Crippen LogP contribution is 2.38. The monoisotopic (exact) mass is 409 g/mol. The average Bonchev–Trinajstić information content (AvgIpc) is 3.55. The molecule has 0 saturated heterocycles. The van der Waals surface area contributed by atoms with Crippen LogP contribution in [0.5, 0.6) is 0 Å². The molecular formula is C21H21F2N7. The van der Waals surface area contributed by atoms with Gasteiger partial charge in [-0.25, -0.2) is 24.6 Å².